The van der Waals surface area contributed by atoms with Crippen molar-refractivity contribution in [1.29, 1.82) is 0 Å². The molecule has 0 unspecified atom stereocenters. The molecule has 4 rings (SSSR count). The van der Waals surface area contributed by atoms with Crippen LogP contribution in [0.1, 0.15) is 23.2 Å². The van der Waals surface area contributed by atoms with Crippen molar-refractivity contribution < 1.29 is 8.42 Å². The molecular weight excluding hydrogens is 386 g/mol. The molecule has 0 bridgehead atoms. The Hall–Kier alpha value is -3.00. The molecule has 3 heterocycles. The number of aryl methyl sites for hydroxylation is 1. The molecule has 1 aliphatic rings. The van der Waals surface area contributed by atoms with E-state index in [9.17, 15) is 8.42 Å². The van der Waals surface area contributed by atoms with E-state index in [-0.39, 0.29) is 5.75 Å². The zero-order valence-corrected chi connectivity index (χ0v) is 17.3. The highest BCUT2D eigenvalue weighted by molar-refractivity contribution is 7.93. The van der Waals surface area contributed by atoms with E-state index in [2.05, 4.69) is 20.3 Å². The molecule has 2 aromatic heterocycles. The minimum absolute atomic E-state index is 0.215. The van der Waals surface area contributed by atoms with Crippen LogP contribution in [0, 0.1) is 13.8 Å². The summed E-state index contributed by atoms with van der Waals surface area (Å²) in [6.07, 6.45) is 4.11. The van der Waals surface area contributed by atoms with Crippen LogP contribution in [0.15, 0.2) is 48.8 Å². The van der Waals surface area contributed by atoms with Crippen molar-refractivity contribution in [2.45, 2.75) is 26.8 Å². The summed E-state index contributed by atoms with van der Waals surface area (Å²) in [5, 5.41) is 3.38. The summed E-state index contributed by atoms with van der Waals surface area (Å²) in [6, 6.07) is 11.4. The zero-order valence-electron chi connectivity index (χ0n) is 16.5. The molecule has 0 atom stereocenters. The maximum Gasteiger partial charge on any atom is 0.235 e. The summed E-state index contributed by atoms with van der Waals surface area (Å²) in [7, 11) is -3.19. The highest BCUT2D eigenvalue weighted by Crippen LogP contribution is 2.26. The molecule has 0 saturated carbocycles. The van der Waals surface area contributed by atoms with Gasteiger partial charge in [-0.2, -0.15) is 0 Å². The smallest absolute Gasteiger partial charge is 0.235 e. The van der Waals surface area contributed by atoms with Crippen molar-refractivity contribution in [2.75, 3.05) is 21.9 Å². The van der Waals surface area contributed by atoms with E-state index in [0.29, 0.717) is 25.3 Å². The summed E-state index contributed by atoms with van der Waals surface area (Å²) in [5.74, 6) is 1.63. The molecule has 1 saturated heterocycles. The molecule has 0 amide bonds. The van der Waals surface area contributed by atoms with Gasteiger partial charge in [-0.05, 0) is 50.1 Å². The van der Waals surface area contributed by atoms with E-state index in [0.717, 1.165) is 33.9 Å². The number of sulfonamides is 1. The van der Waals surface area contributed by atoms with Gasteiger partial charge in [0.05, 0.1) is 11.4 Å². The number of benzene rings is 1. The van der Waals surface area contributed by atoms with E-state index < -0.39 is 10.0 Å². The van der Waals surface area contributed by atoms with Gasteiger partial charge < -0.3 is 5.32 Å². The second kappa shape index (κ2) is 7.79. The minimum atomic E-state index is -3.19. The Morgan fingerprint density at radius 1 is 1.10 bits per heavy atom. The molecule has 0 aliphatic carbocycles. The number of nitrogens with one attached hydrogen (secondary N) is 1. The fraction of sp³-hybridized carbons (Fsp3) is 0.286. The lowest BCUT2D eigenvalue weighted by Gasteiger charge is -2.18. The number of nitrogens with zero attached hydrogens (tertiary/aromatic N) is 4. The van der Waals surface area contributed by atoms with Crippen molar-refractivity contribution in [3.63, 3.8) is 0 Å². The minimum Gasteiger partial charge on any atom is -0.366 e. The Balaban J connectivity index is 1.57. The zero-order chi connectivity index (χ0) is 20.4. The van der Waals surface area contributed by atoms with Crippen LogP contribution in [0.25, 0.3) is 11.4 Å². The maximum absolute atomic E-state index is 12.2. The predicted molar refractivity (Wildman–Crippen MR) is 114 cm³/mol. The average Bonchev–Trinajstić information content (AvgIpc) is 3.09. The second-order valence-electron chi connectivity index (χ2n) is 7.11. The van der Waals surface area contributed by atoms with Crippen molar-refractivity contribution in [3.05, 3.63) is 65.6 Å². The topological polar surface area (TPSA) is 88.1 Å². The lowest BCUT2D eigenvalue weighted by Crippen LogP contribution is -2.25. The van der Waals surface area contributed by atoms with Crippen molar-refractivity contribution in [1.82, 2.24) is 15.0 Å². The fourth-order valence-corrected chi connectivity index (χ4v) is 4.92. The highest BCUT2D eigenvalue weighted by Gasteiger charge is 2.28. The van der Waals surface area contributed by atoms with Crippen molar-refractivity contribution in [3.8, 4) is 11.4 Å². The Morgan fingerprint density at radius 2 is 1.90 bits per heavy atom. The van der Waals surface area contributed by atoms with Gasteiger partial charge in [-0.15, -0.1) is 0 Å². The van der Waals surface area contributed by atoms with Crippen molar-refractivity contribution in [2.24, 2.45) is 0 Å². The normalized spacial score (nSPS) is 15.4. The Morgan fingerprint density at radius 3 is 2.62 bits per heavy atom. The number of hydrogen-bond acceptors (Lipinski definition) is 6. The molecule has 1 N–H and O–H groups in total. The average molecular weight is 410 g/mol. The second-order valence-corrected chi connectivity index (χ2v) is 9.12. The summed E-state index contributed by atoms with van der Waals surface area (Å²) >= 11 is 0. The first kappa shape index (κ1) is 19.3. The highest BCUT2D eigenvalue weighted by atomic mass is 32.2. The number of pyridine rings is 1. The molecule has 1 aliphatic heterocycles. The van der Waals surface area contributed by atoms with Gasteiger partial charge in [-0.25, -0.2) is 18.4 Å². The van der Waals surface area contributed by atoms with Crippen LogP contribution in [-0.4, -0.2) is 35.7 Å². The van der Waals surface area contributed by atoms with Gasteiger partial charge in [0.1, 0.15) is 5.82 Å². The number of rotatable bonds is 5. The number of aromatic nitrogens is 3. The summed E-state index contributed by atoms with van der Waals surface area (Å²) in [5.41, 5.74) is 4.51. The fourth-order valence-electron chi connectivity index (χ4n) is 3.37. The largest absolute Gasteiger partial charge is 0.366 e. The molecule has 29 heavy (non-hydrogen) atoms. The van der Waals surface area contributed by atoms with Crippen LogP contribution in [0.5, 0.6) is 0 Å². The monoisotopic (exact) mass is 409 g/mol. The van der Waals surface area contributed by atoms with E-state index in [4.69, 9.17) is 0 Å². The number of hydrogen-bond donors (Lipinski definition) is 1. The Kier molecular flexibility index (Phi) is 5.19. The van der Waals surface area contributed by atoms with Crippen LogP contribution in [0.4, 0.5) is 11.5 Å². The molecule has 3 aromatic rings. The third kappa shape index (κ3) is 4.07. The van der Waals surface area contributed by atoms with Gasteiger partial charge >= 0.3 is 0 Å². The first-order valence-corrected chi connectivity index (χ1v) is 11.1. The third-order valence-electron chi connectivity index (χ3n) is 5.09. The van der Waals surface area contributed by atoms with Gasteiger partial charge in [0.2, 0.25) is 10.0 Å². The maximum atomic E-state index is 12.2. The van der Waals surface area contributed by atoms with E-state index >= 15 is 0 Å². The first-order valence-electron chi connectivity index (χ1n) is 9.53. The van der Waals surface area contributed by atoms with Gasteiger partial charge in [-0.3, -0.25) is 9.29 Å². The standard InChI is InChI=1S/C21H23N5O2S/c1-15-16(2)24-21(18-7-9-22-10-8-18)25-20(15)23-14-17-5-3-6-19(13-17)26-11-4-12-29(26,27)28/h3,5-10,13H,4,11-12,14H2,1-2H3,(H,23,24,25). The lowest BCUT2D eigenvalue weighted by atomic mass is 10.1. The predicted octanol–water partition coefficient (Wildman–Crippen LogP) is 3.31. The first-order chi connectivity index (χ1) is 13.9. The summed E-state index contributed by atoms with van der Waals surface area (Å²) < 4.78 is 25.9. The van der Waals surface area contributed by atoms with Crippen LogP contribution in [0.3, 0.4) is 0 Å². The van der Waals surface area contributed by atoms with E-state index in [1.54, 1.807) is 12.4 Å². The molecule has 1 fully saturated rings. The van der Waals surface area contributed by atoms with Crippen LogP contribution >= 0.6 is 0 Å². The van der Waals surface area contributed by atoms with Gasteiger partial charge in [0.15, 0.2) is 5.82 Å². The van der Waals surface area contributed by atoms with Gasteiger partial charge in [0.25, 0.3) is 0 Å². The van der Waals surface area contributed by atoms with E-state index in [1.165, 1.54) is 4.31 Å². The molecule has 1 aromatic carbocycles. The molecule has 150 valence electrons. The molecule has 0 spiro atoms. The van der Waals surface area contributed by atoms with E-state index in [1.807, 2.05) is 50.2 Å². The van der Waals surface area contributed by atoms with Crippen LogP contribution in [-0.2, 0) is 16.6 Å². The van der Waals surface area contributed by atoms with Crippen molar-refractivity contribution >= 4 is 21.5 Å². The SMILES string of the molecule is Cc1nc(-c2ccncc2)nc(NCc2cccc(N3CCCS3(=O)=O)c2)c1C. The molecule has 7 nitrogen and oxygen atoms in total. The molecular formula is C21H23N5O2S. The van der Waals surface area contributed by atoms with Gasteiger partial charge in [-0.1, -0.05) is 12.1 Å². The third-order valence-corrected chi connectivity index (χ3v) is 6.96. The van der Waals surface area contributed by atoms with Crippen LogP contribution in [0.2, 0.25) is 0 Å². The Labute approximate surface area is 170 Å². The molecule has 8 heteroatoms. The summed E-state index contributed by atoms with van der Waals surface area (Å²) in [4.78, 5) is 13.3. The lowest BCUT2D eigenvalue weighted by molar-refractivity contribution is 0.599. The van der Waals surface area contributed by atoms with Gasteiger partial charge in [0, 0.05) is 42.3 Å². The number of anilines is 2. The summed E-state index contributed by atoms with van der Waals surface area (Å²) in [6.45, 7) is 5.03. The van der Waals surface area contributed by atoms with Crippen LogP contribution < -0.4 is 9.62 Å². The quantitative estimate of drug-likeness (QED) is 0.696. The Bertz CT molecular complexity index is 1130. The molecule has 0 radical (unpaired) electrons.